The number of nitrogens with zero attached hydrogens (tertiary/aromatic N) is 3. The number of thiophene rings is 1. The summed E-state index contributed by atoms with van der Waals surface area (Å²) in [6.07, 6.45) is 6.12. The molecule has 2 heterocycles. The molecule has 1 aliphatic carbocycles. The zero-order valence-electron chi connectivity index (χ0n) is 15.2. The van der Waals surface area contributed by atoms with Crippen molar-refractivity contribution in [3.63, 3.8) is 0 Å². The van der Waals surface area contributed by atoms with Gasteiger partial charge in [-0.2, -0.15) is 5.10 Å². The topological polar surface area (TPSA) is 87.5 Å². The molecule has 2 N–H and O–H groups in total. The number of fused-ring (bicyclic) bond motifs is 1. The van der Waals surface area contributed by atoms with Gasteiger partial charge in [-0.3, -0.25) is 14.4 Å². The van der Waals surface area contributed by atoms with Gasteiger partial charge in [0.15, 0.2) is 11.1 Å². The minimum Gasteiger partial charge on any atom is -0.350 e. The van der Waals surface area contributed by atoms with E-state index in [-0.39, 0.29) is 11.8 Å². The van der Waals surface area contributed by atoms with Gasteiger partial charge in [0.1, 0.15) is 10.7 Å². The number of carbonyl (C=O) groups is 1. The lowest BCUT2D eigenvalue weighted by molar-refractivity contribution is 0.0955. The summed E-state index contributed by atoms with van der Waals surface area (Å²) in [5.41, 5.74) is 0.978. The van der Waals surface area contributed by atoms with E-state index in [0.29, 0.717) is 24.0 Å². The van der Waals surface area contributed by atoms with Crippen molar-refractivity contribution in [1.82, 2.24) is 20.0 Å². The summed E-state index contributed by atoms with van der Waals surface area (Å²) < 4.78 is 21.8. The minimum atomic E-state index is -1.85. The van der Waals surface area contributed by atoms with Crippen molar-refractivity contribution in [3.05, 3.63) is 16.6 Å². The molecule has 1 fully saturated rings. The first kappa shape index (κ1) is 19.5. The number of rotatable bonds is 7. The van der Waals surface area contributed by atoms with Crippen molar-refractivity contribution < 1.29 is 13.6 Å². The fraction of sp³-hybridized carbons (Fsp3) is 0.647. The molecule has 1 aliphatic rings. The first-order chi connectivity index (χ1) is 12.5. The van der Waals surface area contributed by atoms with Crippen LogP contribution in [-0.2, 0) is 11.1 Å². The quantitative estimate of drug-likeness (QED) is 0.700. The van der Waals surface area contributed by atoms with E-state index in [0.717, 1.165) is 28.8 Å². The van der Waals surface area contributed by atoms with Crippen LogP contribution in [0.4, 0.5) is 0 Å². The second-order valence-corrected chi connectivity index (χ2v) is 8.87. The number of hydrogen-bond acceptors (Lipinski definition) is 5. The number of aromatic nitrogens is 2. The van der Waals surface area contributed by atoms with Crippen LogP contribution in [0.2, 0.25) is 0 Å². The Morgan fingerprint density at radius 3 is 2.88 bits per heavy atom. The minimum absolute atomic E-state index is 0.0785. The molecule has 2 aromatic heterocycles. The fourth-order valence-electron chi connectivity index (χ4n) is 3.46. The summed E-state index contributed by atoms with van der Waals surface area (Å²) in [6, 6.07) is 2.38. The van der Waals surface area contributed by atoms with Crippen LogP contribution in [0.1, 0.15) is 53.5 Å². The second-order valence-electron chi connectivity index (χ2n) is 6.94. The summed E-state index contributed by atoms with van der Waals surface area (Å²) in [5, 5.41) is 8.68. The summed E-state index contributed by atoms with van der Waals surface area (Å²) in [4.78, 5) is 16.0. The lowest BCUT2D eigenvalue weighted by Gasteiger charge is -2.22. The van der Waals surface area contributed by atoms with Gasteiger partial charge in [-0.15, -0.1) is 11.3 Å². The maximum Gasteiger partial charge on any atom is 0.261 e. The lowest BCUT2D eigenvalue weighted by atomic mass is 9.96. The van der Waals surface area contributed by atoms with Crippen LogP contribution >= 0.6 is 11.3 Å². The number of hydrogen-bond donors (Lipinski definition) is 2. The molecule has 1 amide bonds. The zero-order valence-corrected chi connectivity index (χ0v) is 16.9. The van der Waals surface area contributed by atoms with Gasteiger partial charge in [-0.05, 0) is 32.9 Å². The Hall–Kier alpha value is -1.29. The molecule has 3 rings (SSSR count). The Labute approximate surface area is 160 Å². The predicted octanol–water partition coefficient (Wildman–Crippen LogP) is 2.75. The molecule has 9 heteroatoms. The van der Waals surface area contributed by atoms with Gasteiger partial charge in [-0.1, -0.05) is 19.3 Å². The molecule has 7 nitrogen and oxygen atoms in total. The largest absolute Gasteiger partial charge is 0.350 e. The number of aryl methyl sites for hydroxylation is 1. The van der Waals surface area contributed by atoms with Crippen molar-refractivity contribution in [1.29, 1.82) is 0 Å². The van der Waals surface area contributed by atoms with Crippen molar-refractivity contribution in [2.24, 2.45) is 0 Å². The highest BCUT2D eigenvalue weighted by atomic mass is 32.2. The second kappa shape index (κ2) is 8.60. The standard InChI is InChI=1S/C17H26N4O3S2/c1-12-14-10-15(16(22)18-8-9-20(2)11-26(23)24)25-17(14)21(19-12)13-6-4-3-5-7-13/h10,13H,3-9,11H2,1-2H3,(H,18,22)(H,23,24). The Morgan fingerprint density at radius 1 is 1.46 bits per heavy atom. The maximum atomic E-state index is 12.5. The van der Waals surface area contributed by atoms with Gasteiger partial charge in [0.2, 0.25) is 0 Å². The van der Waals surface area contributed by atoms with Gasteiger partial charge in [0, 0.05) is 18.5 Å². The molecule has 1 unspecified atom stereocenters. The Morgan fingerprint density at radius 2 is 2.19 bits per heavy atom. The van der Waals surface area contributed by atoms with Crippen LogP contribution in [0.25, 0.3) is 10.2 Å². The Kier molecular flexibility index (Phi) is 6.44. The van der Waals surface area contributed by atoms with Crippen LogP contribution in [0.3, 0.4) is 0 Å². The summed E-state index contributed by atoms with van der Waals surface area (Å²) in [6.45, 7) is 2.96. The van der Waals surface area contributed by atoms with Crippen LogP contribution in [0.5, 0.6) is 0 Å². The van der Waals surface area contributed by atoms with Crippen molar-refractivity contribution >= 4 is 38.5 Å². The number of amides is 1. The molecule has 26 heavy (non-hydrogen) atoms. The Bertz CT molecular complexity index is 795. The van der Waals surface area contributed by atoms with E-state index in [1.807, 2.05) is 13.0 Å². The molecule has 0 spiro atoms. The van der Waals surface area contributed by atoms with Gasteiger partial charge in [-0.25, -0.2) is 4.21 Å². The molecule has 0 saturated heterocycles. The smallest absolute Gasteiger partial charge is 0.261 e. The molecule has 0 aromatic carbocycles. The SMILES string of the molecule is Cc1nn(C2CCCCC2)c2sc(C(=O)NCCN(C)CS(=O)O)cc12. The van der Waals surface area contributed by atoms with Gasteiger partial charge >= 0.3 is 0 Å². The third-order valence-corrected chi connectivity index (χ3v) is 6.61. The average molecular weight is 399 g/mol. The first-order valence-corrected chi connectivity index (χ1v) is 11.1. The van der Waals surface area contributed by atoms with Crippen molar-refractivity contribution in [2.45, 2.75) is 45.1 Å². The maximum absolute atomic E-state index is 12.5. The highest BCUT2D eigenvalue weighted by molar-refractivity contribution is 7.79. The zero-order chi connectivity index (χ0) is 18.7. The van der Waals surface area contributed by atoms with Gasteiger partial charge in [0.05, 0.1) is 16.6 Å². The van der Waals surface area contributed by atoms with Crippen LogP contribution < -0.4 is 5.32 Å². The molecule has 1 atom stereocenters. The van der Waals surface area contributed by atoms with Crippen molar-refractivity contribution in [2.75, 3.05) is 26.0 Å². The van der Waals surface area contributed by atoms with Gasteiger partial charge < -0.3 is 9.87 Å². The molecule has 0 radical (unpaired) electrons. The Balaban J connectivity index is 1.66. The molecular formula is C17H26N4O3S2. The third kappa shape index (κ3) is 4.51. The highest BCUT2D eigenvalue weighted by Gasteiger charge is 2.22. The molecule has 2 aromatic rings. The molecular weight excluding hydrogens is 372 g/mol. The van der Waals surface area contributed by atoms with Crippen molar-refractivity contribution in [3.8, 4) is 0 Å². The van der Waals surface area contributed by atoms with E-state index in [2.05, 4.69) is 10.00 Å². The first-order valence-electron chi connectivity index (χ1n) is 8.98. The molecule has 1 saturated carbocycles. The van der Waals surface area contributed by atoms with E-state index in [1.54, 1.807) is 11.9 Å². The normalized spacial score (nSPS) is 17.1. The van der Waals surface area contributed by atoms with E-state index >= 15 is 0 Å². The number of nitrogens with one attached hydrogen (secondary N) is 1. The van der Waals surface area contributed by atoms with Crippen LogP contribution in [0.15, 0.2) is 6.07 Å². The molecule has 0 bridgehead atoms. The average Bonchev–Trinajstić information content (AvgIpc) is 3.16. The summed E-state index contributed by atoms with van der Waals surface area (Å²) >= 11 is -0.351. The van der Waals surface area contributed by atoms with E-state index in [1.165, 1.54) is 30.6 Å². The monoisotopic (exact) mass is 398 g/mol. The van der Waals surface area contributed by atoms with Crippen LogP contribution in [0, 0.1) is 6.92 Å². The van der Waals surface area contributed by atoms with E-state index < -0.39 is 11.1 Å². The molecule has 0 aliphatic heterocycles. The van der Waals surface area contributed by atoms with Gasteiger partial charge in [0.25, 0.3) is 5.91 Å². The fourth-order valence-corrected chi connectivity index (χ4v) is 5.11. The summed E-state index contributed by atoms with van der Waals surface area (Å²) in [7, 11) is 1.75. The molecule has 144 valence electrons. The van der Waals surface area contributed by atoms with Crippen LogP contribution in [-0.4, -0.2) is 55.4 Å². The summed E-state index contributed by atoms with van der Waals surface area (Å²) in [5.74, 6) is -0.0193. The number of carbonyl (C=O) groups excluding carboxylic acids is 1. The van der Waals surface area contributed by atoms with E-state index in [4.69, 9.17) is 9.65 Å². The lowest BCUT2D eigenvalue weighted by Crippen LogP contribution is -2.34. The van der Waals surface area contributed by atoms with E-state index in [9.17, 15) is 9.00 Å². The number of likely N-dealkylation sites (N-methyl/N-ethyl adjacent to an activating group) is 1. The highest BCUT2D eigenvalue weighted by Crippen LogP contribution is 2.35. The predicted molar refractivity (Wildman–Crippen MR) is 105 cm³/mol. The third-order valence-electron chi connectivity index (χ3n) is 4.82.